The number of hydrogen-bond donors (Lipinski definition) is 2. The van der Waals surface area contributed by atoms with E-state index in [1.165, 1.54) is 5.56 Å². The molecule has 16 heavy (non-hydrogen) atoms. The van der Waals surface area contributed by atoms with Gasteiger partial charge < -0.3 is 10.7 Å². The van der Waals surface area contributed by atoms with Crippen LogP contribution >= 0.6 is 0 Å². The average Bonchev–Trinajstić information content (AvgIpc) is 2.74. The molecule has 2 aromatic heterocycles. The van der Waals surface area contributed by atoms with Gasteiger partial charge in [0, 0.05) is 18.2 Å². The van der Waals surface area contributed by atoms with Crippen LogP contribution in [0.5, 0.6) is 0 Å². The molecule has 0 radical (unpaired) electrons. The zero-order valence-electron chi connectivity index (χ0n) is 10.0. The van der Waals surface area contributed by atoms with Crippen LogP contribution in [0.4, 0.5) is 0 Å². The van der Waals surface area contributed by atoms with Gasteiger partial charge in [0.05, 0.1) is 5.52 Å². The summed E-state index contributed by atoms with van der Waals surface area (Å²) in [6.07, 6.45) is 2.75. The van der Waals surface area contributed by atoms with Crippen molar-refractivity contribution in [2.75, 3.05) is 6.54 Å². The topological polar surface area (TPSA) is 67.6 Å². The van der Waals surface area contributed by atoms with E-state index in [-0.39, 0.29) is 5.41 Å². The van der Waals surface area contributed by atoms with E-state index in [0.29, 0.717) is 6.54 Å². The number of pyridine rings is 1. The minimum absolute atomic E-state index is 0.0901. The minimum atomic E-state index is -0.0901. The van der Waals surface area contributed by atoms with Crippen molar-refractivity contribution in [3.63, 3.8) is 0 Å². The van der Waals surface area contributed by atoms with E-state index >= 15 is 0 Å². The maximum absolute atomic E-state index is 5.83. The predicted molar refractivity (Wildman–Crippen MR) is 65.3 cm³/mol. The van der Waals surface area contributed by atoms with Gasteiger partial charge in [-0.05, 0) is 25.0 Å². The number of imidazole rings is 1. The Morgan fingerprint density at radius 1 is 1.50 bits per heavy atom. The molecule has 0 saturated carbocycles. The third-order valence-electron chi connectivity index (χ3n) is 3.40. The molecule has 86 valence electrons. The smallest absolute Gasteiger partial charge is 0.177 e. The summed E-state index contributed by atoms with van der Waals surface area (Å²) in [5, 5.41) is 0. The lowest BCUT2D eigenvalue weighted by molar-refractivity contribution is 0.443. The SMILES string of the molecule is CCC(C)(CN)c1nc2nccc(C)c2[nH]1. The molecule has 4 heteroatoms. The summed E-state index contributed by atoms with van der Waals surface area (Å²) in [6, 6.07) is 1.98. The van der Waals surface area contributed by atoms with Crippen LogP contribution in [0, 0.1) is 6.92 Å². The van der Waals surface area contributed by atoms with Gasteiger partial charge in [0.1, 0.15) is 5.82 Å². The number of fused-ring (bicyclic) bond motifs is 1. The van der Waals surface area contributed by atoms with Gasteiger partial charge in [-0.2, -0.15) is 0 Å². The molecule has 0 aromatic carbocycles. The molecular formula is C12H18N4. The quantitative estimate of drug-likeness (QED) is 0.826. The Labute approximate surface area is 95.3 Å². The number of nitrogens with zero attached hydrogens (tertiary/aromatic N) is 2. The molecule has 0 saturated heterocycles. The van der Waals surface area contributed by atoms with Gasteiger partial charge >= 0.3 is 0 Å². The van der Waals surface area contributed by atoms with E-state index in [2.05, 4.69) is 35.7 Å². The van der Waals surface area contributed by atoms with Crippen LogP contribution in [0.25, 0.3) is 11.2 Å². The number of aromatic amines is 1. The summed E-state index contributed by atoms with van der Waals surface area (Å²) < 4.78 is 0. The fourth-order valence-corrected chi connectivity index (χ4v) is 1.73. The highest BCUT2D eigenvalue weighted by Crippen LogP contribution is 2.26. The lowest BCUT2D eigenvalue weighted by Gasteiger charge is -2.23. The number of aromatic nitrogens is 3. The first-order valence-corrected chi connectivity index (χ1v) is 5.62. The van der Waals surface area contributed by atoms with Gasteiger partial charge in [0.25, 0.3) is 0 Å². The zero-order valence-corrected chi connectivity index (χ0v) is 10.0. The molecule has 0 amide bonds. The molecule has 2 heterocycles. The highest BCUT2D eigenvalue weighted by atomic mass is 15.0. The van der Waals surface area contributed by atoms with Gasteiger partial charge in [0.15, 0.2) is 5.65 Å². The summed E-state index contributed by atoms with van der Waals surface area (Å²) >= 11 is 0. The Balaban J connectivity index is 2.59. The number of nitrogens with two attached hydrogens (primary N) is 1. The molecule has 0 aliphatic carbocycles. The molecule has 1 atom stereocenters. The van der Waals surface area contributed by atoms with Crippen molar-refractivity contribution < 1.29 is 0 Å². The molecule has 2 rings (SSSR count). The van der Waals surface area contributed by atoms with Crippen LogP contribution in [0.3, 0.4) is 0 Å². The maximum atomic E-state index is 5.83. The highest BCUT2D eigenvalue weighted by molar-refractivity contribution is 5.74. The molecule has 0 bridgehead atoms. The molecule has 2 aromatic rings. The van der Waals surface area contributed by atoms with Crippen LogP contribution in [0.2, 0.25) is 0 Å². The highest BCUT2D eigenvalue weighted by Gasteiger charge is 2.26. The number of aryl methyl sites for hydroxylation is 1. The first kappa shape index (κ1) is 11.1. The molecule has 0 spiro atoms. The van der Waals surface area contributed by atoms with Crippen molar-refractivity contribution in [1.29, 1.82) is 0 Å². The summed E-state index contributed by atoms with van der Waals surface area (Å²) in [5.74, 6) is 0.939. The Hall–Kier alpha value is -1.42. The van der Waals surface area contributed by atoms with E-state index in [1.54, 1.807) is 6.20 Å². The average molecular weight is 218 g/mol. The van der Waals surface area contributed by atoms with Gasteiger partial charge in [0.2, 0.25) is 0 Å². The number of H-pyrrole nitrogens is 1. The van der Waals surface area contributed by atoms with Gasteiger partial charge in [-0.25, -0.2) is 9.97 Å². The Morgan fingerprint density at radius 3 is 2.81 bits per heavy atom. The van der Waals surface area contributed by atoms with Crippen molar-refractivity contribution in [1.82, 2.24) is 15.0 Å². The molecule has 0 aliphatic rings. The van der Waals surface area contributed by atoms with Gasteiger partial charge in [-0.15, -0.1) is 0 Å². The number of rotatable bonds is 3. The van der Waals surface area contributed by atoms with Crippen LogP contribution in [-0.2, 0) is 5.41 Å². The lowest BCUT2D eigenvalue weighted by Crippen LogP contribution is -2.32. The monoisotopic (exact) mass is 218 g/mol. The largest absolute Gasteiger partial charge is 0.340 e. The molecular weight excluding hydrogens is 200 g/mol. The van der Waals surface area contributed by atoms with Crippen LogP contribution < -0.4 is 5.73 Å². The van der Waals surface area contributed by atoms with E-state index in [1.807, 2.05) is 6.07 Å². The second kappa shape index (κ2) is 3.87. The second-order valence-corrected chi connectivity index (χ2v) is 4.53. The Kier molecular flexibility index (Phi) is 2.68. The summed E-state index contributed by atoms with van der Waals surface area (Å²) in [6.45, 7) is 6.89. The minimum Gasteiger partial charge on any atom is -0.340 e. The third kappa shape index (κ3) is 1.59. The lowest BCUT2D eigenvalue weighted by atomic mass is 9.87. The van der Waals surface area contributed by atoms with Crippen LogP contribution in [0.15, 0.2) is 12.3 Å². The zero-order chi connectivity index (χ0) is 11.8. The first-order valence-electron chi connectivity index (χ1n) is 5.62. The van der Waals surface area contributed by atoms with Crippen molar-refractivity contribution in [3.8, 4) is 0 Å². The predicted octanol–water partition coefficient (Wildman–Crippen LogP) is 1.89. The summed E-state index contributed by atoms with van der Waals surface area (Å²) in [7, 11) is 0. The van der Waals surface area contributed by atoms with Crippen molar-refractivity contribution >= 4 is 11.2 Å². The van der Waals surface area contributed by atoms with Crippen molar-refractivity contribution in [2.24, 2.45) is 5.73 Å². The molecule has 1 unspecified atom stereocenters. The van der Waals surface area contributed by atoms with Gasteiger partial charge in [-0.3, -0.25) is 0 Å². The van der Waals surface area contributed by atoms with Crippen molar-refractivity contribution in [2.45, 2.75) is 32.6 Å². The fourth-order valence-electron chi connectivity index (χ4n) is 1.73. The Bertz CT molecular complexity index is 497. The van der Waals surface area contributed by atoms with Gasteiger partial charge in [-0.1, -0.05) is 13.8 Å². The number of hydrogen-bond acceptors (Lipinski definition) is 3. The van der Waals surface area contributed by atoms with Crippen LogP contribution in [-0.4, -0.2) is 21.5 Å². The molecule has 4 nitrogen and oxygen atoms in total. The fraction of sp³-hybridized carbons (Fsp3) is 0.500. The summed E-state index contributed by atoms with van der Waals surface area (Å²) in [5.41, 5.74) is 8.70. The molecule has 0 fully saturated rings. The molecule has 3 N–H and O–H groups in total. The normalized spacial score (nSPS) is 15.2. The van der Waals surface area contributed by atoms with E-state index in [0.717, 1.165) is 23.4 Å². The van der Waals surface area contributed by atoms with E-state index in [4.69, 9.17) is 5.73 Å². The van der Waals surface area contributed by atoms with Crippen molar-refractivity contribution in [3.05, 3.63) is 23.7 Å². The van der Waals surface area contributed by atoms with E-state index < -0.39 is 0 Å². The third-order valence-corrected chi connectivity index (χ3v) is 3.40. The second-order valence-electron chi connectivity index (χ2n) is 4.53. The van der Waals surface area contributed by atoms with E-state index in [9.17, 15) is 0 Å². The standard InChI is InChI=1S/C12H18N4/c1-4-12(3,7-13)11-15-9-8(2)5-6-14-10(9)16-11/h5-6H,4,7,13H2,1-3H3,(H,14,15,16). The molecule has 0 aliphatic heterocycles. The van der Waals surface area contributed by atoms with Crippen LogP contribution in [0.1, 0.15) is 31.7 Å². The number of nitrogens with one attached hydrogen (secondary N) is 1. The first-order chi connectivity index (χ1) is 7.60. The Morgan fingerprint density at radius 2 is 2.25 bits per heavy atom. The maximum Gasteiger partial charge on any atom is 0.177 e. The summed E-state index contributed by atoms with van der Waals surface area (Å²) in [4.78, 5) is 12.2.